The average Bonchev–Trinajstić information content (AvgIpc) is 3.13. The molecule has 0 radical (unpaired) electrons. The highest BCUT2D eigenvalue weighted by molar-refractivity contribution is 5.56. The fraction of sp³-hybridized carbons (Fsp3) is 0.333. The Bertz CT molecular complexity index is 1020. The number of alkyl halides is 2. The van der Waals surface area contributed by atoms with E-state index in [1.165, 1.54) is 17.1 Å². The van der Waals surface area contributed by atoms with E-state index >= 15 is 0 Å². The zero-order valence-electron chi connectivity index (χ0n) is 15.1. The van der Waals surface area contributed by atoms with E-state index in [1.807, 2.05) is 13.0 Å². The van der Waals surface area contributed by atoms with E-state index in [9.17, 15) is 8.78 Å². The van der Waals surface area contributed by atoms with Crippen LogP contribution in [0.2, 0.25) is 0 Å². The lowest BCUT2D eigenvalue weighted by Gasteiger charge is -2.18. The van der Waals surface area contributed by atoms with Gasteiger partial charge >= 0.3 is 0 Å². The summed E-state index contributed by atoms with van der Waals surface area (Å²) in [4.78, 5) is 12.5. The van der Waals surface area contributed by atoms with Gasteiger partial charge in [0.2, 0.25) is 5.82 Å². The first kappa shape index (κ1) is 19.3. The van der Waals surface area contributed by atoms with Gasteiger partial charge in [0, 0.05) is 24.4 Å². The zero-order chi connectivity index (χ0) is 20.1. The minimum absolute atomic E-state index is 0.211. The van der Waals surface area contributed by atoms with Gasteiger partial charge in [-0.1, -0.05) is 13.0 Å². The van der Waals surface area contributed by atoms with Crippen molar-refractivity contribution >= 4 is 17.7 Å². The largest absolute Gasteiger partial charge is 0.367 e. The molecule has 1 unspecified atom stereocenters. The molecule has 0 aliphatic carbocycles. The van der Waals surface area contributed by atoms with Gasteiger partial charge in [-0.3, -0.25) is 0 Å². The number of aromatic nitrogens is 5. The van der Waals surface area contributed by atoms with Gasteiger partial charge in [-0.05, 0) is 24.8 Å². The van der Waals surface area contributed by atoms with Crippen LogP contribution in [-0.2, 0) is 12.8 Å². The molecular weight excluding hydrogens is 366 g/mol. The van der Waals surface area contributed by atoms with E-state index in [4.69, 9.17) is 10.7 Å². The SMILES string of the molecule is CCc1c(CC(CC=N)Nc2cccc(C#N)n2)ncn2nc(C(F)F)nc12. The number of anilines is 1. The van der Waals surface area contributed by atoms with Crippen molar-refractivity contribution in [3.63, 3.8) is 0 Å². The van der Waals surface area contributed by atoms with Gasteiger partial charge < -0.3 is 10.7 Å². The average molecular weight is 384 g/mol. The Hall–Kier alpha value is -3.48. The van der Waals surface area contributed by atoms with Crippen LogP contribution < -0.4 is 5.32 Å². The van der Waals surface area contributed by atoms with Crippen molar-refractivity contribution in [3.8, 4) is 6.07 Å². The molecule has 0 saturated carbocycles. The van der Waals surface area contributed by atoms with E-state index in [-0.39, 0.29) is 11.7 Å². The first-order valence-electron chi connectivity index (χ1n) is 8.69. The Morgan fingerprint density at radius 3 is 2.86 bits per heavy atom. The number of hydrogen-bond acceptors (Lipinski definition) is 7. The third-order valence-electron chi connectivity index (χ3n) is 4.20. The van der Waals surface area contributed by atoms with Crippen LogP contribution in [0.15, 0.2) is 24.5 Å². The number of hydrogen-bond donors (Lipinski definition) is 2. The van der Waals surface area contributed by atoms with Crippen molar-refractivity contribution in [3.05, 3.63) is 47.3 Å². The van der Waals surface area contributed by atoms with Gasteiger partial charge in [0.15, 0.2) is 5.65 Å². The maximum atomic E-state index is 12.9. The van der Waals surface area contributed by atoms with Crippen LogP contribution in [0.5, 0.6) is 0 Å². The first-order chi connectivity index (χ1) is 13.5. The minimum Gasteiger partial charge on any atom is -0.367 e. The maximum absolute atomic E-state index is 12.9. The number of nitrogens with zero attached hydrogens (tertiary/aromatic N) is 6. The molecule has 0 spiro atoms. The molecule has 3 aromatic rings. The normalized spacial score (nSPS) is 12.1. The van der Waals surface area contributed by atoms with Crippen molar-refractivity contribution in [1.82, 2.24) is 24.6 Å². The molecule has 2 N–H and O–H groups in total. The predicted octanol–water partition coefficient (Wildman–Crippen LogP) is 2.95. The van der Waals surface area contributed by atoms with Gasteiger partial charge in [0.25, 0.3) is 6.43 Å². The Kier molecular flexibility index (Phi) is 5.84. The summed E-state index contributed by atoms with van der Waals surface area (Å²) in [5.41, 5.74) is 2.08. The topological polar surface area (TPSA) is 116 Å². The van der Waals surface area contributed by atoms with Gasteiger partial charge in [-0.25, -0.2) is 28.2 Å². The summed E-state index contributed by atoms with van der Waals surface area (Å²) in [7, 11) is 0. The van der Waals surface area contributed by atoms with E-state index in [0.29, 0.717) is 36.4 Å². The maximum Gasteiger partial charge on any atom is 0.299 e. The quantitative estimate of drug-likeness (QED) is 0.577. The van der Waals surface area contributed by atoms with Gasteiger partial charge in [0.1, 0.15) is 23.9 Å². The summed E-state index contributed by atoms with van der Waals surface area (Å²) in [6, 6.07) is 6.84. The second-order valence-electron chi connectivity index (χ2n) is 6.07. The van der Waals surface area contributed by atoms with Crippen LogP contribution in [-0.4, -0.2) is 36.8 Å². The summed E-state index contributed by atoms with van der Waals surface area (Å²) < 4.78 is 27.1. The van der Waals surface area contributed by atoms with Crippen molar-refractivity contribution in [2.75, 3.05) is 5.32 Å². The molecule has 3 heterocycles. The molecule has 10 heteroatoms. The smallest absolute Gasteiger partial charge is 0.299 e. The van der Waals surface area contributed by atoms with Crippen molar-refractivity contribution in [2.45, 2.75) is 38.7 Å². The van der Waals surface area contributed by atoms with E-state index in [1.54, 1.807) is 18.2 Å². The molecule has 8 nitrogen and oxygen atoms in total. The zero-order valence-corrected chi connectivity index (χ0v) is 15.1. The summed E-state index contributed by atoms with van der Waals surface area (Å²) in [6.07, 6.45) is 1.29. The van der Waals surface area contributed by atoms with Gasteiger partial charge in [-0.2, -0.15) is 5.26 Å². The van der Waals surface area contributed by atoms with Crippen LogP contribution in [0.3, 0.4) is 0 Å². The van der Waals surface area contributed by atoms with Crippen LogP contribution in [0.4, 0.5) is 14.6 Å². The first-order valence-corrected chi connectivity index (χ1v) is 8.69. The predicted molar refractivity (Wildman–Crippen MR) is 98.6 cm³/mol. The van der Waals surface area contributed by atoms with Crippen molar-refractivity contribution < 1.29 is 8.78 Å². The molecule has 0 amide bonds. The van der Waals surface area contributed by atoms with Crippen molar-refractivity contribution in [1.29, 1.82) is 10.7 Å². The van der Waals surface area contributed by atoms with Crippen LogP contribution in [0, 0.1) is 16.7 Å². The number of aryl methyl sites for hydroxylation is 1. The molecule has 0 aromatic carbocycles. The molecule has 0 aliphatic heterocycles. The molecular formula is C18H18F2N8. The van der Waals surface area contributed by atoms with Gasteiger partial charge in [0.05, 0.1) is 5.69 Å². The number of nitriles is 1. The lowest BCUT2D eigenvalue weighted by atomic mass is 10.0. The molecule has 3 aromatic heterocycles. The fourth-order valence-electron chi connectivity index (χ4n) is 2.94. The van der Waals surface area contributed by atoms with Gasteiger partial charge in [-0.15, -0.1) is 5.10 Å². The lowest BCUT2D eigenvalue weighted by Crippen LogP contribution is -2.25. The standard InChI is InChI=1S/C18H18F2N8/c1-2-13-14(23-10-28-18(13)26-17(27-28)16(19)20)8-11(6-7-21)24-15-5-3-4-12(9-22)25-15/h3-5,7,10-11,16,21H,2,6,8H2,1H3,(H,24,25). The molecule has 0 aliphatic rings. The number of rotatable bonds is 8. The Morgan fingerprint density at radius 1 is 1.36 bits per heavy atom. The number of halogens is 2. The number of pyridine rings is 1. The summed E-state index contributed by atoms with van der Waals surface area (Å²) in [5.74, 6) is -0.00664. The number of nitrogens with one attached hydrogen (secondary N) is 2. The monoisotopic (exact) mass is 384 g/mol. The molecule has 0 fully saturated rings. The highest BCUT2D eigenvalue weighted by Crippen LogP contribution is 2.21. The second kappa shape index (κ2) is 8.47. The van der Waals surface area contributed by atoms with Crippen molar-refractivity contribution in [2.24, 2.45) is 0 Å². The summed E-state index contributed by atoms with van der Waals surface area (Å²) in [5, 5.41) is 23.4. The Morgan fingerprint density at radius 2 is 2.18 bits per heavy atom. The second-order valence-corrected chi connectivity index (χ2v) is 6.07. The van der Waals surface area contributed by atoms with E-state index in [2.05, 4.69) is 25.4 Å². The molecule has 0 bridgehead atoms. The molecule has 3 rings (SSSR count). The Labute approximate surface area is 159 Å². The molecule has 28 heavy (non-hydrogen) atoms. The summed E-state index contributed by atoms with van der Waals surface area (Å²) >= 11 is 0. The highest BCUT2D eigenvalue weighted by atomic mass is 19.3. The van der Waals surface area contributed by atoms with Crippen LogP contribution in [0.25, 0.3) is 5.65 Å². The minimum atomic E-state index is -2.75. The fourth-order valence-corrected chi connectivity index (χ4v) is 2.94. The molecule has 144 valence electrons. The molecule has 0 saturated heterocycles. The number of fused-ring (bicyclic) bond motifs is 1. The Balaban J connectivity index is 1.90. The van der Waals surface area contributed by atoms with E-state index < -0.39 is 12.2 Å². The highest BCUT2D eigenvalue weighted by Gasteiger charge is 2.20. The molecule has 1 atom stereocenters. The lowest BCUT2D eigenvalue weighted by molar-refractivity contribution is 0.140. The summed E-state index contributed by atoms with van der Waals surface area (Å²) in [6.45, 7) is 1.90. The van der Waals surface area contributed by atoms with E-state index in [0.717, 1.165) is 5.56 Å². The third kappa shape index (κ3) is 4.09. The van der Waals surface area contributed by atoms with Crippen LogP contribution in [0.1, 0.15) is 42.5 Å². The van der Waals surface area contributed by atoms with Crippen LogP contribution >= 0.6 is 0 Å². The third-order valence-corrected chi connectivity index (χ3v) is 4.20.